The molecular weight excluding hydrogens is 318 g/mol. The lowest BCUT2D eigenvalue weighted by Crippen LogP contribution is -2.28. The number of halogens is 1. The highest BCUT2D eigenvalue weighted by Crippen LogP contribution is 2.17. The van der Waals surface area contributed by atoms with Gasteiger partial charge in [0.15, 0.2) is 5.69 Å². The van der Waals surface area contributed by atoms with E-state index < -0.39 is 0 Å². The van der Waals surface area contributed by atoms with Crippen molar-refractivity contribution in [2.45, 2.75) is 19.8 Å². The molecule has 0 aliphatic carbocycles. The third-order valence-corrected chi connectivity index (χ3v) is 3.57. The number of carbonyl (C=O) groups is 1. The molecule has 5 heteroatoms. The van der Waals surface area contributed by atoms with Gasteiger partial charge in [0.05, 0.1) is 5.69 Å². The highest BCUT2D eigenvalue weighted by atomic mass is 79.9. The highest BCUT2D eigenvalue weighted by Gasteiger charge is 2.10. The van der Waals surface area contributed by atoms with Gasteiger partial charge < -0.3 is 5.32 Å². The fourth-order valence-corrected chi connectivity index (χ4v) is 2.03. The molecular formula is C15H16BrN3O. The maximum Gasteiger partial charge on any atom is 0.271 e. The Morgan fingerprint density at radius 1 is 1.20 bits per heavy atom. The van der Waals surface area contributed by atoms with E-state index in [-0.39, 0.29) is 11.8 Å². The molecule has 1 unspecified atom stereocenters. The molecule has 2 aromatic rings. The fourth-order valence-electron chi connectivity index (χ4n) is 1.77. The van der Waals surface area contributed by atoms with Crippen LogP contribution in [0.5, 0.6) is 0 Å². The standard InChI is InChI=1S/C15H16BrN3O/c1-10(12-4-6-13(16)7-5-12)9-17-15(20)14-8-3-11(2)18-19-14/h3-8,10H,9H2,1-2H3,(H,17,20). The number of nitrogens with zero attached hydrogens (tertiary/aromatic N) is 2. The first-order chi connectivity index (χ1) is 9.56. The number of carbonyl (C=O) groups excluding carboxylic acids is 1. The highest BCUT2D eigenvalue weighted by molar-refractivity contribution is 9.10. The van der Waals surface area contributed by atoms with Crippen molar-refractivity contribution >= 4 is 21.8 Å². The van der Waals surface area contributed by atoms with Crippen molar-refractivity contribution in [3.05, 3.63) is 57.8 Å². The predicted octanol–water partition coefficient (Wildman–Crippen LogP) is 3.08. The summed E-state index contributed by atoms with van der Waals surface area (Å²) >= 11 is 3.41. The molecule has 1 N–H and O–H groups in total. The Hall–Kier alpha value is -1.75. The number of aromatic nitrogens is 2. The molecule has 1 amide bonds. The Bertz CT molecular complexity index is 581. The molecule has 0 bridgehead atoms. The first-order valence-electron chi connectivity index (χ1n) is 6.40. The second kappa shape index (κ2) is 6.61. The quantitative estimate of drug-likeness (QED) is 0.935. The number of aryl methyl sites for hydroxylation is 1. The van der Waals surface area contributed by atoms with Crippen molar-refractivity contribution in [2.75, 3.05) is 6.54 Å². The molecule has 0 radical (unpaired) electrons. The molecule has 104 valence electrons. The van der Waals surface area contributed by atoms with Gasteiger partial charge >= 0.3 is 0 Å². The molecule has 1 heterocycles. The van der Waals surface area contributed by atoms with Gasteiger partial charge in [-0.3, -0.25) is 4.79 Å². The van der Waals surface area contributed by atoms with Gasteiger partial charge in [-0.15, -0.1) is 5.10 Å². The van der Waals surface area contributed by atoms with E-state index >= 15 is 0 Å². The number of hydrogen-bond acceptors (Lipinski definition) is 3. The van der Waals surface area contributed by atoms with Crippen molar-refractivity contribution in [3.8, 4) is 0 Å². The zero-order valence-corrected chi connectivity index (χ0v) is 13.0. The smallest absolute Gasteiger partial charge is 0.271 e. The predicted molar refractivity (Wildman–Crippen MR) is 81.7 cm³/mol. The van der Waals surface area contributed by atoms with Crippen LogP contribution in [0.15, 0.2) is 40.9 Å². The number of nitrogens with one attached hydrogen (secondary N) is 1. The summed E-state index contributed by atoms with van der Waals surface area (Å²) < 4.78 is 1.05. The van der Waals surface area contributed by atoms with Gasteiger partial charge in [0.1, 0.15) is 0 Å². The third kappa shape index (κ3) is 3.87. The molecule has 2 rings (SSSR count). The van der Waals surface area contributed by atoms with E-state index in [9.17, 15) is 4.79 Å². The van der Waals surface area contributed by atoms with E-state index in [4.69, 9.17) is 0 Å². The minimum Gasteiger partial charge on any atom is -0.350 e. The Labute approximate surface area is 126 Å². The maximum atomic E-state index is 11.9. The molecule has 0 aliphatic heterocycles. The molecule has 1 atom stereocenters. The van der Waals surface area contributed by atoms with Gasteiger partial charge in [0.2, 0.25) is 0 Å². The van der Waals surface area contributed by atoms with E-state index in [0.29, 0.717) is 12.2 Å². The number of hydrogen-bond donors (Lipinski definition) is 1. The van der Waals surface area contributed by atoms with Gasteiger partial charge in [0, 0.05) is 11.0 Å². The first-order valence-corrected chi connectivity index (χ1v) is 7.19. The van der Waals surface area contributed by atoms with Crippen molar-refractivity contribution in [2.24, 2.45) is 0 Å². The van der Waals surface area contributed by atoms with Crippen LogP contribution in [0.2, 0.25) is 0 Å². The van der Waals surface area contributed by atoms with Crippen LogP contribution in [0.3, 0.4) is 0 Å². The van der Waals surface area contributed by atoms with Crippen molar-refractivity contribution in [3.63, 3.8) is 0 Å². The minimum atomic E-state index is -0.193. The van der Waals surface area contributed by atoms with Crippen LogP contribution in [-0.2, 0) is 0 Å². The van der Waals surface area contributed by atoms with Crippen LogP contribution in [-0.4, -0.2) is 22.6 Å². The van der Waals surface area contributed by atoms with E-state index in [1.807, 2.05) is 31.2 Å². The van der Waals surface area contributed by atoms with E-state index in [1.54, 1.807) is 12.1 Å². The number of rotatable bonds is 4. The van der Waals surface area contributed by atoms with Crippen LogP contribution < -0.4 is 5.32 Å². The van der Waals surface area contributed by atoms with Gasteiger partial charge in [-0.2, -0.15) is 5.10 Å². The van der Waals surface area contributed by atoms with Crippen LogP contribution in [0.4, 0.5) is 0 Å². The Balaban J connectivity index is 1.92. The first kappa shape index (κ1) is 14.7. The van der Waals surface area contributed by atoms with Crippen LogP contribution in [0, 0.1) is 6.92 Å². The van der Waals surface area contributed by atoms with Gasteiger partial charge in [-0.05, 0) is 42.7 Å². The van der Waals surface area contributed by atoms with Crippen LogP contribution in [0.1, 0.15) is 34.6 Å². The zero-order chi connectivity index (χ0) is 14.5. The molecule has 0 spiro atoms. The molecule has 1 aromatic heterocycles. The summed E-state index contributed by atoms with van der Waals surface area (Å²) in [6.07, 6.45) is 0. The van der Waals surface area contributed by atoms with Crippen LogP contribution >= 0.6 is 15.9 Å². The summed E-state index contributed by atoms with van der Waals surface area (Å²) in [4.78, 5) is 11.9. The Morgan fingerprint density at radius 2 is 1.90 bits per heavy atom. The minimum absolute atomic E-state index is 0.193. The summed E-state index contributed by atoms with van der Waals surface area (Å²) in [6.45, 7) is 4.48. The molecule has 0 saturated carbocycles. The molecule has 1 aromatic carbocycles. The Morgan fingerprint density at radius 3 is 2.50 bits per heavy atom. The number of amides is 1. The van der Waals surface area contributed by atoms with Crippen LogP contribution in [0.25, 0.3) is 0 Å². The van der Waals surface area contributed by atoms with Crippen molar-refractivity contribution < 1.29 is 4.79 Å². The fraction of sp³-hybridized carbons (Fsp3) is 0.267. The average molecular weight is 334 g/mol. The normalized spacial score (nSPS) is 11.9. The zero-order valence-electron chi connectivity index (χ0n) is 11.4. The van der Waals surface area contributed by atoms with E-state index in [2.05, 4.69) is 38.4 Å². The topological polar surface area (TPSA) is 54.9 Å². The lowest BCUT2D eigenvalue weighted by Gasteiger charge is -2.13. The summed E-state index contributed by atoms with van der Waals surface area (Å²) in [7, 11) is 0. The molecule has 0 aliphatic rings. The average Bonchev–Trinajstić information content (AvgIpc) is 2.46. The molecule has 0 fully saturated rings. The molecule has 4 nitrogen and oxygen atoms in total. The third-order valence-electron chi connectivity index (χ3n) is 3.04. The van der Waals surface area contributed by atoms with E-state index in [1.165, 1.54) is 5.56 Å². The van der Waals surface area contributed by atoms with Gasteiger partial charge in [0.25, 0.3) is 5.91 Å². The lowest BCUT2D eigenvalue weighted by atomic mass is 10.0. The second-order valence-corrected chi connectivity index (χ2v) is 5.64. The van der Waals surface area contributed by atoms with Gasteiger partial charge in [-0.25, -0.2) is 0 Å². The van der Waals surface area contributed by atoms with Crippen molar-refractivity contribution in [1.29, 1.82) is 0 Å². The molecule has 0 saturated heterocycles. The summed E-state index contributed by atoms with van der Waals surface area (Å²) in [6, 6.07) is 11.6. The monoisotopic (exact) mass is 333 g/mol. The van der Waals surface area contributed by atoms with Gasteiger partial charge in [-0.1, -0.05) is 35.0 Å². The summed E-state index contributed by atoms with van der Waals surface area (Å²) in [5.41, 5.74) is 2.33. The van der Waals surface area contributed by atoms with Crippen molar-refractivity contribution in [1.82, 2.24) is 15.5 Å². The Kier molecular flexibility index (Phi) is 4.84. The lowest BCUT2D eigenvalue weighted by molar-refractivity contribution is 0.0945. The molecule has 20 heavy (non-hydrogen) atoms. The SMILES string of the molecule is Cc1ccc(C(=O)NCC(C)c2ccc(Br)cc2)nn1. The summed E-state index contributed by atoms with van der Waals surface area (Å²) in [5.74, 6) is 0.0481. The largest absolute Gasteiger partial charge is 0.350 e. The second-order valence-electron chi connectivity index (χ2n) is 4.72. The summed E-state index contributed by atoms with van der Waals surface area (Å²) in [5, 5.41) is 10.6. The maximum absolute atomic E-state index is 11.9. The van der Waals surface area contributed by atoms with E-state index in [0.717, 1.165) is 10.2 Å². The number of benzene rings is 1.